The van der Waals surface area contributed by atoms with Crippen LogP contribution in [0.5, 0.6) is 0 Å². The first-order valence-electron chi connectivity index (χ1n) is 6.37. The van der Waals surface area contributed by atoms with Crippen molar-refractivity contribution in [2.45, 2.75) is 6.10 Å². The summed E-state index contributed by atoms with van der Waals surface area (Å²) < 4.78 is 14.7. The van der Waals surface area contributed by atoms with Gasteiger partial charge in [0, 0.05) is 38.9 Å². The summed E-state index contributed by atoms with van der Waals surface area (Å²) in [4.78, 5) is 18.3. The third kappa shape index (κ3) is 2.49. The number of H-pyrrole nitrogens is 1. The number of hydrogen-bond donors (Lipinski definition) is 3. The van der Waals surface area contributed by atoms with Crippen molar-refractivity contribution in [3.05, 3.63) is 63.6 Å². The fourth-order valence-corrected chi connectivity index (χ4v) is 2.63. The van der Waals surface area contributed by atoms with Crippen LogP contribution in [0.4, 0.5) is 4.39 Å². The number of rotatable bonds is 3. The summed E-state index contributed by atoms with van der Waals surface area (Å²) in [6.45, 7) is 0. The summed E-state index contributed by atoms with van der Waals surface area (Å²) in [5.41, 5.74) is 6.35. The molecule has 0 aliphatic heterocycles. The quantitative estimate of drug-likeness (QED) is 0.667. The van der Waals surface area contributed by atoms with Crippen LogP contribution in [0, 0.1) is 5.82 Å². The highest BCUT2D eigenvalue weighted by atomic mass is 79.9. The second-order valence-electron chi connectivity index (χ2n) is 4.80. The summed E-state index contributed by atoms with van der Waals surface area (Å²) >= 11 is 3.31. The number of pyridine rings is 1. The van der Waals surface area contributed by atoms with Gasteiger partial charge in [0.15, 0.2) is 0 Å². The van der Waals surface area contributed by atoms with Crippen molar-refractivity contribution in [3.8, 4) is 0 Å². The molecule has 0 bridgehead atoms. The SMILES string of the molecule is NC(=O)c1ccc(F)c(C(O)c2c[nH]c3ncc(Br)cc23)c1. The minimum Gasteiger partial charge on any atom is -0.383 e. The summed E-state index contributed by atoms with van der Waals surface area (Å²) in [5.74, 6) is -1.30. The molecule has 0 saturated carbocycles. The van der Waals surface area contributed by atoms with Gasteiger partial charge >= 0.3 is 0 Å². The fourth-order valence-electron chi connectivity index (χ4n) is 2.30. The van der Waals surface area contributed by atoms with Crippen molar-refractivity contribution < 1.29 is 14.3 Å². The average molecular weight is 364 g/mol. The number of nitrogens with zero attached hydrogens (tertiary/aromatic N) is 1. The second-order valence-corrected chi connectivity index (χ2v) is 5.71. The zero-order valence-electron chi connectivity index (χ0n) is 11.2. The Kier molecular flexibility index (Phi) is 3.67. The molecule has 0 fully saturated rings. The number of aliphatic hydroxyl groups is 1. The maximum absolute atomic E-state index is 14.0. The standard InChI is InChI=1S/C15H11BrFN3O2/c16-8-4-9-11(6-20-15(9)19-5-8)13(21)10-3-7(14(18)22)1-2-12(10)17/h1-6,13,21H,(H2,18,22)(H,19,20). The van der Waals surface area contributed by atoms with E-state index in [9.17, 15) is 14.3 Å². The van der Waals surface area contributed by atoms with E-state index in [1.165, 1.54) is 12.1 Å². The van der Waals surface area contributed by atoms with Gasteiger partial charge in [-0.15, -0.1) is 0 Å². The second kappa shape index (κ2) is 5.51. The number of carbonyl (C=O) groups excluding carboxylic acids is 1. The molecule has 0 spiro atoms. The zero-order valence-corrected chi connectivity index (χ0v) is 12.8. The first-order chi connectivity index (χ1) is 10.5. The Morgan fingerprint density at radius 1 is 1.36 bits per heavy atom. The van der Waals surface area contributed by atoms with Gasteiger partial charge in [0.2, 0.25) is 5.91 Å². The van der Waals surface area contributed by atoms with Gasteiger partial charge < -0.3 is 15.8 Å². The molecule has 2 heterocycles. The topological polar surface area (TPSA) is 92.0 Å². The number of amides is 1. The van der Waals surface area contributed by atoms with Crippen LogP contribution >= 0.6 is 15.9 Å². The van der Waals surface area contributed by atoms with Crippen LogP contribution in [0.1, 0.15) is 27.6 Å². The number of hydrogen-bond acceptors (Lipinski definition) is 3. The van der Waals surface area contributed by atoms with Crippen molar-refractivity contribution in [2.24, 2.45) is 5.73 Å². The molecule has 1 amide bonds. The first-order valence-corrected chi connectivity index (χ1v) is 7.16. The lowest BCUT2D eigenvalue weighted by Gasteiger charge is -2.12. The van der Waals surface area contributed by atoms with E-state index in [4.69, 9.17) is 5.73 Å². The predicted molar refractivity (Wildman–Crippen MR) is 82.8 cm³/mol. The van der Waals surface area contributed by atoms with Crippen molar-refractivity contribution in [2.75, 3.05) is 0 Å². The van der Waals surface area contributed by atoms with Crippen LogP contribution in [0.25, 0.3) is 11.0 Å². The molecule has 0 aliphatic carbocycles. The molecular formula is C15H11BrFN3O2. The molecule has 3 aromatic rings. The number of nitrogens with one attached hydrogen (secondary N) is 1. The van der Waals surface area contributed by atoms with Crippen LogP contribution in [-0.2, 0) is 0 Å². The number of aromatic amines is 1. The summed E-state index contributed by atoms with van der Waals surface area (Å²) in [5, 5.41) is 11.2. The molecular weight excluding hydrogens is 353 g/mol. The van der Waals surface area contributed by atoms with Crippen molar-refractivity contribution in [3.63, 3.8) is 0 Å². The van der Waals surface area contributed by atoms with Gasteiger partial charge in [-0.3, -0.25) is 4.79 Å². The number of fused-ring (bicyclic) bond motifs is 1. The highest BCUT2D eigenvalue weighted by Crippen LogP contribution is 2.31. The molecule has 1 unspecified atom stereocenters. The molecule has 3 rings (SSSR count). The van der Waals surface area contributed by atoms with E-state index in [0.717, 1.165) is 10.5 Å². The Bertz CT molecular complexity index is 878. The molecule has 4 N–H and O–H groups in total. The Morgan fingerprint density at radius 3 is 2.86 bits per heavy atom. The normalized spacial score (nSPS) is 12.5. The smallest absolute Gasteiger partial charge is 0.248 e. The molecule has 5 nitrogen and oxygen atoms in total. The fraction of sp³-hybridized carbons (Fsp3) is 0.0667. The molecule has 0 saturated heterocycles. The molecule has 0 radical (unpaired) electrons. The molecule has 0 aliphatic rings. The van der Waals surface area contributed by atoms with Gasteiger partial charge in [-0.2, -0.15) is 0 Å². The summed E-state index contributed by atoms with van der Waals surface area (Å²) in [7, 11) is 0. The highest BCUT2D eigenvalue weighted by Gasteiger charge is 2.20. The number of aromatic nitrogens is 2. The first kappa shape index (κ1) is 14.7. The lowest BCUT2D eigenvalue weighted by atomic mass is 9.99. The monoisotopic (exact) mass is 363 g/mol. The van der Waals surface area contributed by atoms with Gasteiger partial charge in [0.05, 0.1) is 0 Å². The highest BCUT2D eigenvalue weighted by molar-refractivity contribution is 9.10. The number of halogens is 2. The van der Waals surface area contributed by atoms with Gasteiger partial charge in [-0.25, -0.2) is 9.37 Å². The van der Waals surface area contributed by atoms with Gasteiger partial charge in [-0.05, 0) is 40.2 Å². The molecule has 7 heteroatoms. The lowest BCUT2D eigenvalue weighted by molar-refractivity contribution is 0.1000. The van der Waals surface area contributed by atoms with E-state index < -0.39 is 17.8 Å². The van der Waals surface area contributed by atoms with Gasteiger partial charge in [0.25, 0.3) is 0 Å². The van der Waals surface area contributed by atoms with Crippen LogP contribution in [0.3, 0.4) is 0 Å². The Hall–Kier alpha value is -2.25. The summed E-state index contributed by atoms with van der Waals surface area (Å²) in [6.07, 6.45) is 1.93. The maximum Gasteiger partial charge on any atom is 0.248 e. The maximum atomic E-state index is 14.0. The molecule has 2 aromatic heterocycles. The molecule has 1 atom stereocenters. The van der Waals surface area contributed by atoms with Crippen LogP contribution in [-0.4, -0.2) is 21.0 Å². The minimum atomic E-state index is -1.25. The number of nitrogens with two attached hydrogens (primary N) is 1. The number of aliphatic hydroxyl groups excluding tert-OH is 1. The van der Waals surface area contributed by atoms with Crippen molar-refractivity contribution >= 4 is 32.9 Å². The Balaban J connectivity index is 2.13. The lowest BCUT2D eigenvalue weighted by Crippen LogP contribution is -2.12. The third-order valence-electron chi connectivity index (χ3n) is 3.40. The van der Waals surface area contributed by atoms with Gasteiger partial charge in [-0.1, -0.05) is 0 Å². The van der Waals surface area contributed by atoms with E-state index in [2.05, 4.69) is 25.9 Å². The number of carbonyl (C=O) groups is 1. The largest absolute Gasteiger partial charge is 0.383 e. The van der Waals surface area contributed by atoms with E-state index in [-0.39, 0.29) is 11.1 Å². The molecule has 22 heavy (non-hydrogen) atoms. The number of primary amides is 1. The van der Waals surface area contributed by atoms with Crippen molar-refractivity contribution in [1.82, 2.24) is 9.97 Å². The van der Waals surface area contributed by atoms with E-state index in [1.807, 2.05) is 0 Å². The van der Waals surface area contributed by atoms with E-state index in [0.29, 0.717) is 16.6 Å². The molecule has 112 valence electrons. The van der Waals surface area contributed by atoms with Crippen molar-refractivity contribution in [1.29, 1.82) is 0 Å². The van der Waals surface area contributed by atoms with Crippen LogP contribution in [0.15, 0.2) is 41.1 Å². The van der Waals surface area contributed by atoms with Gasteiger partial charge in [0.1, 0.15) is 17.6 Å². The minimum absolute atomic E-state index is 0.0165. The van der Waals surface area contributed by atoms with Crippen LogP contribution in [0.2, 0.25) is 0 Å². The van der Waals surface area contributed by atoms with E-state index >= 15 is 0 Å². The third-order valence-corrected chi connectivity index (χ3v) is 3.83. The average Bonchev–Trinajstić information content (AvgIpc) is 2.89. The molecule has 1 aromatic carbocycles. The zero-order chi connectivity index (χ0) is 15.9. The number of benzene rings is 1. The Morgan fingerprint density at radius 2 is 2.14 bits per heavy atom. The Labute approximate surface area is 133 Å². The predicted octanol–water partition coefficient (Wildman–Crippen LogP) is 2.65. The van der Waals surface area contributed by atoms with Crippen LogP contribution < -0.4 is 5.73 Å². The summed E-state index contributed by atoms with van der Waals surface area (Å²) in [6, 6.07) is 5.42. The van der Waals surface area contributed by atoms with E-state index in [1.54, 1.807) is 18.5 Å².